The largest absolute Gasteiger partial charge is 0.465 e. The molecule has 0 N–H and O–H groups in total. The van der Waals surface area contributed by atoms with Gasteiger partial charge in [0, 0.05) is 0 Å². The van der Waals surface area contributed by atoms with Crippen molar-refractivity contribution >= 4 is 18.0 Å². The van der Waals surface area contributed by atoms with Crippen molar-refractivity contribution in [3.63, 3.8) is 0 Å². The van der Waals surface area contributed by atoms with Gasteiger partial charge in [0.15, 0.2) is 11.5 Å². The van der Waals surface area contributed by atoms with Gasteiger partial charge in [-0.15, -0.1) is 0 Å². The van der Waals surface area contributed by atoms with Crippen LogP contribution in [0, 0.1) is 5.41 Å². The average molecular weight is 424 g/mol. The quantitative estimate of drug-likeness (QED) is 0.517. The van der Waals surface area contributed by atoms with Crippen molar-refractivity contribution in [3.05, 3.63) is 65.2 Å². The van der Waals surface area contributed by atoms with Gasteiger partial charge in [-0.2, -0.15) is 0 Å². The molecule has 0 aliphatic carbocycles. The molecule has 162 valence electrons. The minimum absolute atomic E-state index is 0.0750. The predicted molar refractivity (Wildman–Crippen MR) is 111 cm³/mol. The Hall–Kier alpha value is -3.32. The molecular weight excluding hydrogens is 400 g/mol. The van der Waals surface area contributed by atoms with E-state index in [1.165, 1.54) is 0 Å². The van der Waals surface area contributed by atoms with Crippen LogP contribution in [0.4, 0.5) is 0 Å². The normalized spacial score (nSPS) is 19.9. The summed E-state index contributed by atoms with van der Waals surface area (Å²) in [6.45, 7) is 3.82. The van der Waals surface area contributed by atoms with Crippen LogP contribution in [0.2, 0.25) is 0 Å². The smallest absolute Gasteiger partial charge is 0.330 e. The zero-order valence-electron chi connectivity index (χ0n) is 17.5. The van der Waals surface area contributed by atoms with Gasteiger partial charge in [-0.25, -0.2) is 0 Å². The fourth-order valence-corrected chi connectivity index (χ4v) is 3.96. The lowest BCUT2D eigenvalue weighted by Gasteiger charge is -2.30. The first-order valence-corrected chi connectivity index (χ1v) is 10.2. The van der Waals surface area contributed by atoms with E-state index in [0.717, 1.165) is 5.56 Å². The van der Waals surface area contributed by atoms with Crippen LogP contribution in [-0.2, 0) is 23.8 Å². The van der Waals surface area contributed by atoms with E-state index >= 15 is 0 Å². The second-order valence-corrected chi connectivity index (χ2v) is 7.13. The Kier molecular flexibility index (Phi) is 5.95. The second kappa shape index (κ2) is 8.81. The molecule has 2 aromatic carbocycles. The van der Waals surface area contributed by atoms with Crippen molar-refractivity contribution < 1.29 is 33.3 Å². The Morgan fingerprint density at radius 1 is 1.00 bits per heavy atom. The van der Waals surface area contributed by atoms with Crippen LogP contribution in [0.1, 0.15) is 31.1 Å². The summed E-state index contributed by atoms with van der Waals surface area (Å²) in [6.07, 6.45) is 0.857. The minimum atomic E-state index is -1.77. The SMILES string of the molecule is CCOC(=O)C1(C(=O)OCC)/C(=C/c2ccccc2)COC1c1ccc2c(c1)OCO2. The summed E-state index contributed by atoms with van der Waals surface area (Å²) < 4.78 is 27.7. The molecule has 2 aliphatic rings. The molecule has 1 fully saturated rings. The van der Waals surface area contributed by atoms with Gasteiger partial charge in [0.1, 0.15) is 6.10 Å². The van der Waals surface area contributed by atoms with Crippen LogP contribution in [0.25, 0.3) is 6.08 Å². The average Bonchev–Trinajstić information content (AvgIpc) is 3.39. The molecule has 0 saturated carbocycles. The summed E-state index contributed by atoms with van der Waals surface area (Å²) in [5.74, 6) is -0.269. The highest BCUT2D eigenvalue weighted by Gasteiger charge is 2.62. The van der Waals surface area contributed by atoms with Gasteiger partial charge >= 0.3 is 11.9 Å². The Morgan fingerprint density at radius 3 is 2.35 bits per heavy atom. The Balaban J connectivity index is 1.87. The Labute approximate surface area is 180 Å². The molecule has 31 heavy (non-hydrogen) atoms. The summed E-state index contributed by atoms with van der Waals surface area (Å²) in [7, 11) is 0. The van der Waals surface area contributed by atoms with Gasteiger partial charge in [0.25, 0.3) is 0 Å². The lowest BCUT2D eigenvalue weighted by atomic mass is 9.74. The third-order valence-electron chi connectivity index (χ3n) is 5.34. The summed E-state index contributed by atoms with van der Waals surface area (Å²) in [5, 5.41) is 0. The molecule has 0 bridgehead atoms. The molecular formula is C24H24O7. The van der Waals surface area contributed by atoms with Crippen molar-refractivity contribution in [2.75, 3.05) is 26.6 Å². The Morgan fingerprint density at radius 2 is 1.68 bits per heavy atom. The summed E-state index contributed by atoms with van der Waals surface area (Å²) >= 11 is 0. The number of carbonyl (C=O) groups excluding carboxylic acids is 2. The lowest BCUT2D eigenvalue weighted by Crippen LogP contribution is -2.45. The number of benzene rings is 2. The van der Waals surface area contributed by atoms with E-state index in [1.807, 2.05) is 30.3 Å². The van der Waals surface area contributed by atoms with E-state index < -0.39 is 23.5 Å². The van der Waals surface area contributed by atoms with Crippen LogP contribution in [0.3, 0.4) is 0 Å². The zero-order chi connectivity index (χ0) is 21.8. The highest BCUT2D eigenvalue weighted by molar-refractivity contribution is 6.06. The van der Waals surface area contributed by atoms with E-state index in [9.17, 15) is 9.59 Å². The van der Waals surface area contributed by atoms with Crippen LogP contribution >= 0.6 is 0 Å². The van der Waals surface area contributed by atoms with Gasteiger partial charge < -0.3 is 23.7 Å². The molecule has 1 unspecified atom stereocenters. The van der Waals surface area contributed by atoms with Crippen molar-refractivity contribution in [1.29, 1.82) is 0 Å². The summed E-state index contributed by atoms with van der Waals surface area (Å²) in [4.78, 5) is 26.8. The molecule has 2 heterocycles. The van der Waals surface area contributed by atoms with E-state index in [2.05, 4.69) is 0 Å². The molecule has 2 aliphatic heterocycles. The van der Waals surface area contributed by atoms with Crippen molar-refractivity contribution in [2.45, 2.75) is 20.0 Å². The van der Waals surface area contributed by atoms with Crippen LogP contribution in [0.15, 0.2) is 54.1 Å². The monoisotopic (exact) mass is 424 g/mol. The van der Waals surface area contributed by atoms with E-state index in [-0.39, 0.29) is 26.6 Å². The molecule has 2 aromatic rings. The summed E-state index contributed by atoms with van der Waals surface area (Å²) in [6, 6.07) is 14.7. The maximum absolute atomic E-state index is 13.4. The van der Waals surface area contributed by atoms with Crippen molar-refractivity contribution in [3.8, 4) is 11.5 Å². The first-order valence-electron chi connectivity index (χ1n) is 10.2. The van der Waals surface area contributed by atoms with Gasteiger partial charge in [-0.3, -0.25) is 9.59 Å². The third-order valence-corrected chi connectivity index (χ3v) is 5.34. The number of hydrogen-bond acceptors (Lipinski definition) is 7. The fraction of sp³-hybridized carbons (Fsp3) is 0.333. The molecule has 7 heteroatoms. The second-order valence-electron chi connectivity index (χ2n) is 7.13. The van der Waals surface area contributed by atoms with Crippen LogP contribution < -0.4 is 9.47 Å². The van der Waals surface area contributed by atoms with Gasteiger partial charge in [-0.05, 0) is 42.7 Å². The first-order chi connectivity index (χ1) is 15.1. The van der Waals surface area contributed by atoms with Gasteiger partial charge in [0.05, 0.1) is 19.8 Å². The maximum atomic E-state index is 13.4. The molecule has 7 nitrogen and oxygen atoms in total. The fourth-order valence-electron chi connectivity index (χ4n) is 3.96. The maximum Gasteiger partial charge on any atom is 0.330 e. The first kappa shape index (κ1) is 20.9. The van der Waals surface area contributed by atoms with Crippen molar-refractivity contribution in [1.82, 2.24) is 0 Å². The highest BCUT2D eigenvalue weighted by Crippen LogP contribution is 2.52. The zero-order valence-corrected chi connectivity index (χ0v) is 17.5. The molecule has 0 amide bonds. The van der Waals surface area contributed by atoms with E-state index in [0.29, 0.717) is 22.6 Å². The summed E-state index contributed by atoms with van der Waals surface area (Å²) in [5.41, 5.74) is 0.153. The number of rotatable bonds is 6. The van der Waals surface area contributed by atoms with Gasteiger partial charge in [-0.1, -0.05) is 42.5 Å². The molecule has 1 atom stereocenters. The number of fused-ring (bicyclic) bond motifs is 1. The molecule has 0 radical (unpaired) electrons. The number of esters is 2. The number of ether oxygens (including phenoxy) is 5. The lowest BCUT2D eigenvalue weighted by molar-refractivity contribution is -0.174. The standard InChI is InChI=1S/C24H24O7/c1-3-27-22(25)24(23(26)28-4-2)18(12-16-8-6-5-7-9-16)14-29-21(24)17-10-11-19-20(13-17)31-15-30-19/h5-13,21H,3-4,14-15H2,1-2H3/b18-12+. The number of carbonyl (C=O) groups is 2. The van der Waals surface area contributed by atoms with Crippen LogP contribution in [0.5, 0.6) is 11.5 Å². The topological polar surface area (TPSA) is 80.3 Å². The van der Waals surface area contributed by atoms with E-state index in [4.69, 9.17) is 23.7 Å². The van der Waals surface area contributed by atoms with Gasteiger partial charge in [0.2, 0.25) is 12.2 Å². The molecule has 0 spiro atoms. The third kappa shape index (κ3) is 3.65. The van der Waals surface area contributed by atoms with Crippen LogP contribution in [-0.4, -0.2) is 38.6 Å². The Bertz CT molecular complexity index is 978. The molecule has 1 saturated heterocycles. The molecule has 0 aromatic heterocycles. The highest BCUT2D eigenvalue weighted by atomic mass is 16.7. The minimum Gasteiger partial charge on any atom is -0.465 e. The van der Waals surface area contributed by atoms with Crippen molar-refractivity contribution in [2.24, 2.45) is 5.41 Å². The number of hydrogen-bond donors (Lipinski definition) is 0. The predicted octanol–water partition coefficient (Wildman–Crippen LogP) is 3.68. The molecule has 4 rings (SSSR count). The van der Waals surface area contributed by atoms with E-state index in [1.54, 1.807) is 38.1 Å².